The van der Waals surface area contributed by atoms with E-state index in [0.717, 1.165) is 11.3 Å². The van der Waals surface area contributed by atoms with Crippen molar-refractivity contribution in [3.05, 3.63) is 34.3 Å². The number of hydrogen-bond acceptors (Lipinski definition) is 2. The third-order valence-electron chi connectivity index (χ3n) is 1.96. The van der Waals surface area contributed by atoms with E-state index < -0.39 is 0 Å². The van der Waals surface area contributed by atoms with E-state index in [0.29, 0.717) is 17.0 Å². The lowest BCUT2D eigenvalue weighted by atomic mass is 10.1. The van der Waals surface area contributed by atoms with Crippen molar-refractivity contribution in [3.63, 3.8) is 0 Å². The molecule has 0 radical (unpaired) electrons. The van der Waals surface area contributed by atoms with Crippen LogP contribution in [0.3, 0.4) is 0 Å². The predicted octanol–water partition coefficient (Wildman–Crippen LogP) is 3.58. The first-order valence-corrected chi connectivity index (χ1v) is 6.20. The molecule has 1 rings (SSSR count). The molecule has 0 atom stereocenters. The molecule has 1 aromatic rings. The van der Waals surface area contributed by atoms with Crippen LogP contribution in [-0.2, 0) is 0 Å². The SMILES string of the molecule is CSCCC(=O)c1ccc(C)cc1Cl. The second-order valence-electron chi connectivity index (χ2n) is 3.15. The highest BCUT2D eigenvalue weighted by molar-refractivity contribution is 7.98. The zero-order valence-electron chi connectivity index (χ0n) is 8.34. The number of ketones is 1. The number of Topliss-reactive ketones (excluding diaryl/α,β-unsaturated/α-hetero) is 1. The molecular weight excluding hydrogens is 216 g/mol. The van der Waals surface area contributed by atoms with E-state index in [1.165, 1.54) is 0 Å². The second-order valence-corrected chi connectivity index (χ2v) is 4.54. The van der Waals surface area contributed by atoms with Crippen LogP contribution >= 0.6 is 23.4 Å². The fourth-order valence-electron chi connectivity index (χ4n) is 1.18. The summed E-state index contributed by atoms with van der Waals surface area (Å²) < 4.78 is 0. The lowest BCUT2D eigenvalue weighted by Gasteiger charge is -2.03. The number of aryl methyl sites for hydroxylation is 1. The molecule has 0 heterocycles. The van der Waals surface area contributed by atoms with E-state index in [9.17, 15) is 4.79 Å². The number of benzene rings is 1. The molecule has 0 fully saturated rings. The molecule has 0 N–H and O–H groups in total. The van der Waals surface area contributed by atoms with Gasteiger partial charge in [0.1, 0.15) is 0 Å². The first kappa shape index (κ1) is 11.6. The van der Waals surface area contributed by atoms with Crippen LogP contribution in [0.1, 0.15) is 22.3 Å². The number of halogens is 1. The Kier molecular flexibility index (Phi) is 4.49. The molecule has 0 aromatic heterocycles. The summed E-state index contributed by atoms with van der Waals surface area (Å²) in [5.74, 6) is 0.979. The van der Waals surface area contributed by atoms with Gasteiger partial charge in [-0.25, -0.2) is 0 Å². The van der Waals surface area contributed by atoms with Gasteiger partial charge in [0.05, 0.1) is 5.02 Å². The number of carbonyl (C=O) groups is 1. The average Bonchev–Trinajstić information content (AvgIpc) is 2.14. The molecule has 14 heavy (non-hydrogen) atoms. The Hall–Kier alpha value is -0.470. The molecule has 0 saturated carbocycles. The van der Waals surface area contributed by atoms with Crippen LogP contribution in [0.5, 0.6) is 0 Å². The quantitative estimate of drug-likeness (QED) is 0.733. The van der Waals surface area contributed by atoms with Crippen LogP contribution in [0.4, 0.5) is 0 Å². The topological polar surface area (TPSA) is 17.1 Å². The van der Waals surface area contributed by atoms with Crippen molar-refractivity contribution in [2.45, 2.75) is 13.3 Å². The molecule has 0 aliphatic carbocycles. The van der Waals surface area contributed by atoms with Crippen molar-refractivity contribution in [2.24, 2.45) is 0 Å². The minimum Gasteiger partial charge on any atom is -0.294 e. The highest BCUT2D eigenvalue weighted by atomic mass is 35.5. The van der Waals surface area contributed by atoms with Gasteiger partial charge < -0.3 is 0 Å². The van der Waals surface area contributed by atoms with Crippen molar-refractivity contribution in [1.29, 1.82) is 0 Å². The van der Waals surface area contributed by atoms with Crippen LogP contribution in [0.25, 0.3) is 0 Å². The minimum absolute atomic E-state index is 0.129. The van der Waals surface area contributed by atoms with Gasteiger partial charge in [-0.1, -0.05) is 17.7 Å². The van der Waals surface area contributed by atoms with E-state index >= 15 is 0 Å². The maximum Gasteiger partial charge on any atom is 0.165 e. The molecule has 0 spiro atoms. The van der Waals surface area contributed by atoms with E-state index in [4.69, 9.17) is 11.6 Å². The summed E-state index contributed by atoms with van der Waals surface area (Å²) in [7, 11) is 0. The molecule has 0 bridgehead atoms. The van der Waals surface area contributed by atoms with Gasteiger partial charge in [0.15, 0.2) is 5.78 Å². The summed E-state index contributed by atoms with van der Waals surface area (Å²) in [6.07, 6.45) is 2.55. The largest absolute Gasteiger partial charge is 0.294 e. The molecule has 1 aromatic carbocycles. The first-order chi connectivity index (χ1) is 6.65. The summed E-state index contributed by atoms with van der Waals surface area (Å²) in [4.78, 5) is 11.6. The molecule has 0 aliphatic rings. The number of rotatable bonds is 4. The highest BCUT2D eigenvalue weighted by Gasteiger charge is 2.09. The Labute approximate surface area is 93.8 Å². The lowest BCUT2D eigenvalue weighted by Crippen LogP contribution is -2.01. The van der Waals surface area contributed by atoms with Crippen molar-refractivity contribution in [3.8, 4) is 0 Å². The maximum atomic E-state index is 11.6. The summed E-state index contributed by atoms with van der Waals surface area (Å²) >= 11 is 7.65. The number of carbonyl (C=O) groups excluding carboxylic acids is 1. The average molecular weight is 229 g/mol. The smallest absolute Gasteiger partial charge is 0.165 e. The van der Waals surface area contributed by atoms with Gasteiger partial charge in [0.2, 0.25) is 0 Å². The van der Waals surface area contributed by atoms with E-state index in [1.807, 2.05) is 25.3 Å². The predicted molar refractivity (Wildman–Crippen MR) is 63.5 cm³/mol. The Bertz CT molecular complexity index is 336. The van der Waals surface area contributed by atoms with Crippen LogP contribution < -0.4 is 0 Å². The summed E-state index contributed by atoms with van der Waals surface area (Å²) in [6, 6.07) is 5.55. The Morgan fingerprint density at radius 1 is 1.50 bits per heavy atom. The Balaban J connectivity index is 2.80. The molecule has 0 unspecified atom stereocenters. The van der Waals surface area contributed by atoms with Crippen LogP contribution in [-0.4, -0.2) is 17.8 Å². The van der Waals surface area contributed by atoms with Crippen molar-refractivity contribution in [2.75, 3.05) is 12.0 Å². The molecule has 0 amide bonds. The molecule has 3 heteroatoms. The number of thioether (sulfide) groups is 1. The van der Waals surface area contributed by atoms with E-state index in [-0.39, 0.29) is 5.78 Å². The van der Waals surface area contributed by atoms with E-state index in [1.54, 1.807) is 17.8 Å². The van der Waals surface area contributed by atoms with Crippen molar-refractivity contribution in [1.82, 2.24) is 0 Å². The van der Waals surface area contributed by atoms with Crippen molar-refractivity contribution < 1.29 is 4.79 Å². The lowest BCUT2D eigenvalue weighted by molar-refractivity contribution is 0.0989. The van der Waals surface area contributed by atoms with Gasteiger partial charge in [-0.15, -0.1) is 0 Å². The zero-order chi connectivity index (χ0) is 10.6. The third-order valence-corrected chi connectivity index (χ3v) is 2.88. The molecule has 1 nitrogen and oxygen atoms in total. The highest BCUT2D eigenvalue weighted by Crippen LogP contribution is 2.19. The normalized spacial score (nSPS) is 10.2. The second kappa shape index (κ2) is 5.42. The fourth-order valence-corrected chi connectivity index (χ4v) is 1.91. The number of hydrogen-bond donors (Lipinski definition) is 0. The van der Waals surface area contributed by atoms with E-state index in [2.05, 4.69) is 0 Å². The van der Waals surface area contributed by atoms with Crippen LogP contribution in [0.2, 0.25) is 5.02 Å². The standard InChI is InChI=1S/C11H13ClOS/c1-8-3-4-9(10(12)7-8)11(13)5-6-14-2/h3-4,7H,5-6H2,1-2H3. The van der Waals surface area contributed by atoms with Crippen LogP contribution in [0, 0.1) is 6.92 Å². The summed E-state index contributed by atoms with van der Waals surface area (Å²) in [5.41, 5.74) is 1.72. The molecule has 0 aliphatic heterocycles. The summed E-state index contributed by atoms with van der Waals surface area (Å²) in [5, 5.41) is 0.566. The zero-order valence-corrected chi connectivity index (χ0v) is 9.91. The third kappa shape index (κ3) is 3.03. The Morgan fingerprint density at radius 2 is 2.21 bits per heavy atom. The fraction of sp³-hybridized carbons (Fsp3) is 0.364. The first-order valence-electron chi connectivity index (χ1n) is 4.43. The molecular formula is C11H13ClOS. The van der Waals surface area contributed by atoms with Crippen LogP contribution in [0.15, 0.2) is 18.2 Å². The minimum atomic E-state index is 0.129. The Morgan fingerprint density at radius 3 is 2.79 bits per heavy atom. The summed E-state index contributed by atoms with van der Waals surface area (Å²) in [6.45, 7) is 1.96. The van der Waals surface area contributed by atoms with Gasteiger partial charge in [0, 0.05) is 17.7 Å². The van der Waals surface area contributed by atoms with Gasteiger partial charge in [-0.2, -0.15) is 11.8 Å². The monoisotopic (exact) mass is 228 g/mol. The maximum absolute atomic E-state index is 11.6. The van der Waals surface area contributed by atoms with Crippen molar-refractivity contribution >= 4 is 29.1 Å². The van der Waals surface area contributed by atoms with Gasteiger partial charge in [0.25, 0.3) is 0 Å². The van der Waals surface area contributed by atoms with Gasteiger partial charge >= 0.3 is 0 Å². The van der Waals surface area contributed by atoms with Gasteiger partial charge in [-0.3, -0.25) is 4.79 Å². The van der Waals surface area contributed by atoms with Gasteiger partial charge in [-0.05, 0) is 30.9 Å². The molecule has 76 valence electrons. The molecule has 0 saturated heterocycles.